The van der Waals surface area contributed by atoms with Crippen LogP contribution in [0.2, 0.25) is 6.82 Å². The van der Waals surface area contributed by atoms with Crippen LogP contribution in [0.3, 0.4) is 0 Å². The second-order valence-electron chi connectivity index (χ2n) is 2.39. The van der Waals surface area contributed by atoms with Crippen LogP contribution in [0.15, 0.2) is 12.2 Å². The SMILES string of the molecule is CB(O)N1CC=CCC1. The monoisotopic (exact) mass is 125 g/mol. The van der Waals surface area contributed by atoms with E-state index in [1.165, 1.54) is 0 Å². The first-order valence-electron chi connectivity index (χ1n) is 3.38. The molecule has 50 valence electrons. The lowest BCUT2D eigenvalue weighted by atomic mass is 9.84. The molecule has 2 nitrogen and oxygen atoms in total. The van der Waals surface area contributed by atoms with Gasteiger partial charge >= 0.3 is 7.05 Å². The molecular formula is C6H12BNO. The molecule has 1 N–H and O–H groups in total. The number of hydrogen-bond acceptors (Lipinski definition) is 2. The molecule has 0 unspecified atom stereocenters. The van der Waals surface area contributed by atoms with Gasteiger partial charge in [0, 0.05) is 6.54 Å². The first kappa shape index (κ1) is 6.84. The van der Waals surface area contributed by atoms with Gasteiger partial charge in [-0.3, -0.25) is 0 Å². The molecule has 1 rings (SSSR count). The molecule has 0 aromatic rings. The van der Waals surface area contributed by atoms with Crippen molar-refractivity contribution in [3.63, 3.8) is 0 Å². The summed E-state index contributed by atoms with van der Waals surface area (Å²) in [6.07, 6.45) is 5.32. The third-order valence-corrected chi connectivity index (χ3v) is 1.62. The molecule has 0 amide bonds. The quantitative estimate of drug-likeness (QED) is 0.404. The predicted molar refractivity (Wildman–Crippen MR) is 39.2 cm³/mol. The van der Waals surface area contributed by atoms with Crippen molar-refractivity contribution >= 4 is 7.05 Å². The Balaban J connectivity index is 2.35. The largest absolute Gasteiger partial charge is 0.437 e. The van der Waals surface area contributed by atoms with Gasteiger partial charge in [0.15, 0.2) is 0 Å². The second kappa shape index (κ2) is 3.04. The van der Waals surface area contributed by atoms with Gasteiger partial charge < -0.3 is 9.83 Å². The summed E-state index contributed by atoms with van der Waals surface area (Å²) in [6, 6.07) is 0. The van der Waals surface area contributed by atoms with E-state index in [4.69, 9.17) is 5.02 Å². The zero-order valence-electron chi connectivity index (χ0n) is 5.75. The van der Waals surface area contributed by atoms with E-state index in [0.717, 1.165) is 19.5 Å². The highest BCUT2D eigenvalue weighted by Crippen LogP contribution is 2.01. The minimum atomic E-state index is -0.282. The van der Waals surface area contributed by atoms with Crippen molar-refractivity contribution in [2.75, 3.05) is 13.1 Å². The lowest BCUT2D eigenvalue weighted by Crippen LogP contribution is -2.39. The molecule has 0 aliphatic carbocycles. The van der Waals surface area contributed by atoms with Gasteiger partial charge in [-0.05, 0) is 19.8 Å². The second-order valence-corrected chi connectivity index (χ2v) is 2.39. The third-order valence-electron chi connectivity index (χ3n) is 1.62. The standard InChI is InChI=1S/C6H12BNO/c1-7(9)8-5-3-2-4-6-8/h2-3,9H,4-6H2,1H3. The Morgan fingerprint density at radius 2 is 2.33 bits per heavy atom. The average molecular weight is 125 g/mol. The molecule has 0 bridgehead atoms. The minimum Gasteiger partial charge on any atom is -0.437 e. The van der Waals surface area contributed by atoms with Gasteiger partial charge in [0.2, 0.25) is 0 Å². The van der Waals surface area contributed by atoms with E-state index in [2.05, 4.69) is 12.2 Å². The van der Waals surface area contributed by atoms with Crippen molar-refractivity contribution in [1.82, 2.24) is 4.81 Å². The molecule has 0 spiro atoms. The van der Waals surface area contributed by atoms with Crippen LogP contribution in [-0.2, 0) is 0 Å². The van der Waals surface area contributed by atoms with Crippen LogP contribution < -0.4 is 0 Å². The summed E-state index contributed by atoms with van der Waals surface area (Å²) in [7, 11) is -0.282. The number of hydrogen-bond donors (Lipinski definition) is 1. The lowest BCUT2D eigenvalue weighted by Gasteiger charge is -2.23. The van der Waals surface area contributed by atoms with Crippen molar-refractivity contribution in [3.05, 3.63) is 12.2 Å². The van der Waals surface area contributed by atoms with Gasteiger partial charge in [0.25, 0.3) is 0 Å². The molecule has 0 aromatic carbocycles. The summed E-state index contributed by atoms with van der Waals surface area (Å²) in [5, 5.41) is 9.07. The van der Waals surface area contributed by atoms with Crippen LogP contribution in [0.1, 0.15) is 6.42 Å². The minimum absolute atomic E-state index is 0.282. The smallest absolute Gasteiger partial charge is 0.376 e. The maximum atomic E-state index is 9.07. The summed E-state index contributed by atoms with van der Waals surface area (Å²) in [5.41, 5.74) is 0. The lowest BCUT2D eigenvalue weighted by molar-refractivity contribution is 0.389. The van der Waals surface area contributed by atoms with Gasteiger partial charge in [0.05, 0.1) is 0 Å². The van der Waals surface area contributed by atoms with Gasteiger partial charge in [-0.2, -0.15) is 0 Å². The number of rotatable bonds is 1. The Morgan fingerprint density at radius 3 is 2.67 bits per heavy atom. The highest BCUT2D eigenvalue weighted by Gasteiger charge is 2.14. The molecule has 0 saturated carbocycles. The Bertz CT molecular complexity index is 114. The summed E-state index contributed by atoms with van der Waals surface area (Å²) in [6.45, 7) is 3.70. The Labute approximate surface area is 56.3 Å². The Morgan fingerprint density at radius 1 is 1.56 bits per heavy atom. The van der Waals surface area contributed by atoms with Crippen LogP contribution >= 0.6 is 0 Å². The Hall–Kier alpha value is -0.275. The van der Waals surface area contributed by atoms with Crippen LogP contribution in [0, 0.1) is 0 Å². The molecule has 1 aliphatic rings. The van der Waals surface area contributed by atoms with Crippen molar-refractivity contribution < 1.29 is 5.02 Å². The fourth-order valence-corrected chi connectivity index (χ4v) is 0.999. The molecule has 1 aliphatic heterocycles. The van der Waals surface area contributed by atoms with E-state index < -0.39 is 0 Å². The summed E-state index contributed by atoms with van der Waals surface area (Å²) >= 11 is 0. The first-order chi connectivity index (χ1) is 4.30. The van der Waals surface area contributed by atoms with E-state index in [0.29, 0.717) is 0 Å². The molecule has 0 aromatic heterocycles. The molecule has 1 heterocycles. The predicted octanol–water partition coefficient (Wildman–Crippen LogP) is 0.359. The van der Waals surface area contributed by atoms with Gasteiger partial charge in [0.1, 0.15) is 0 Å². The van der Waals surface area contributed by atoms with E-state index in [1.807, 2.05) is 4.81 Å². The van der Waals surface area contributed by atoms with E-state index >= 15 is 0 Å². The van der Waals surface area contributed by atoms with Crippen molar-refractivity contribution in [2.24, 2.45) is 0 Å². The maximum Gasteiger partial charge on any atom is 0.376 e. The molecular weight excluding hydrogens is 113 g/mol. The van der Waals surface area contributed by atoms with E-state index in [1.54, 1.807) is 6.82 Å². The van der Waals surface area contributed by atoms with Gasteiger partial charge in [-0.1, -0.05) is 12.2 Å². The highest BCUT2D eigenvalue weighted by atomic mass is 16.2. The molecule has 0 fully saturated rings. The zero-order chi connectivity index (χ0) is 6.69. The molecule has 0 saturated heterocycles. The average Bonchev–Trinajstić information content (AvgIpc) is 1.90. The number of nitrogens with zero attached hydrogens (tertiary/aromatic N) is 1. The summed E-state index contributed by atoms with van der Waals surface area (Å²) in [5.74, 6) is 0. The van der Waals surface area contributed by atoms with Crippen LogP contribution in [-0.4, -0.2) is 30.0 Å². The van der Waals surface area contributed by atoms with Crippen LogP contribution in [0.25, 0.3) is 0 Å². The van der Waals surface area contributed by atoms with E-state index in [-0.39, 0.29) is 7.05 Å². The van der Waals surface area contributed by atoms with Crippen LogP contribution in [0.5, 0.6) is 0 Å². The summed E-state index contributed by atoms with van der Waals surface area (Å²) in [4.78, 5) is 2.03. The van der Waals surface area contributed by atoms with Gasteiger partial charge in [-0.25, -0.2) is 0 Å². The molecule has 0 radical (unpaired) electrons. The zero-order valence-corrected chi connectivity index (χ0v) is 5.75. The maximum absolute atomic E-state index is 9.07. The van der Waals surface area contributed by atoms with Crippen molar-refractivity contribution in [1.29, 1.82) is 0 Å². The molecule has 0 atom stereocenters. The van der Waals surface area contributed by atoms with E-state index in [9.17, 15) is 0 Å². The Kier molecular flexibility index (Phi) is 2.31. The van der Waals surface area contributed by atoms with Gasteiger partial charge in [-0.15, -0.1) is 0 Å². The van der Waals surface area contributed by atoms with Crippen LogP contribution in [0.4, 0.5) is 0 Å². The van der Waals surface area contributed by atoms with Crippen molar-refractivity contribution in [3.8, 4) is 0 Å². The first-order valence-corrected chi connectivity index (χ1v) is 3.38. The fourth-order valence-electron chi connectivity index (χ4n) is 0.999. The highest BCUT2D eigenvalue weighted by molar-refractivity contribution is 6.45. The topological polar surface area (TPSA) is 23.5 Å². The fraction of sp³-hybridized carbons (Fsp3) is 0.667. The summed E-state index contributed by atoms with van der Waals surface area (Å²) < 4.78 is 0. The normalized spacial score (nSPS) is 20.2. The third kappa shape index (κ3) is 1.84. The molecule has 9 heavy (non-hydrogen) atoms. The molecule has 3 heteroatoms. The van der Waals surface area contributed by atoms with Crippen molar-refractivity contribution in [2.45, 2.75) is 13.2 Å².